The molecule has 2 aromatic carbocycles. The van der Waals surface area contributed by atoms with Gasteiger partial charge in [-0.05, 0) is 49.2 Å². The standard InChI is InChI=1S/C24H26FN3O5S2/c1-33-19-9-5-6-17(14-19)26-22(29)15-21-23(30)28(18-7-3-2-4-8-18)24(34-21)27-35(31,32)20-12-10-16(25)11-13-20/h5-6,9-14,18,21H,2-4,7-8,15H2,1H3,(H,26,29)/t21-/m0/s1. The Morgan fingerprint density at radius 3 is 2.57 bits per heavy atom. The average molecular weight is 520 g/mol. The van der Waals surface area contributed by atoms with E-state index in [1.165, 1.54) is 12.0 Å². The molecule has 8 nitrogen and oxygen atoms in total. The number of nitrogens with one attached hydrogen (secondary N) is 1. The highest BCUT2D eigenvalue weighted by atomic mass is 32.2. The summed E-state index contributed by atoms with van der Waals surface area (Å²) in [4.78, 5) is 27.4. The van der Waals surface area contributed by atoms with Gasteiger partial charge in [-0.2, -0.15) is 8.42 Å². The van der Waals surface area contributed by atoms with E-state index in [2.05, 4.69) is 9.71 Å². The third-order valence-electron chi connectivity index (χ3n) is 5.94. The maximum atomic E-state index is 13.4. The molecule has 1 aliphatic heterocycles. The Bertz CT molecular complexity index is 1230. The second-order valence-electron chi connectivity index (χ2n) is 8.39. The van der Waals surface area contributed by atoms with E-state index in [0.29, 0.717) is 11.4 Å². The number of hydrogen-bond acceptors (Lipinski definition) is 6. The van der Waals surface area contributed by atoms with Crippen LogP contribution in [0.1, 0.15) is 38.5 Å². The SMILES string of the molecule is COc1cccc(NC(=O)C[C@@H]2SC(=NS(=O)(=O)c3ccc(F)cc3)N(C3CCCCC3)C2=O)c1. The number of halogens is 1. The molecule has 1 aliphatic carbocycles. The van der Waals surface area contributed by atoms with E-state index >= 15 is 0 Å². The van der Waals surface area contributed by atoms with Gasteiger partial charge in [0.1, 0.15) is 16.8 Å². The van der Waals surface area contributed by atoms with Gasteiger partial charge in [0.25, 0.3) is 10.0 Å². The minimum atomic E-state index is -4.17. The molecule has 186 valence electrons. The zero-order valence-corrected chi connectivity index (χ0v) is 20.8. The number of anilines is 1. The molecule has 0 unspecified atom stereocenters. The highest BCUT2D eigenvalue weighted by molar-refractivity contribution is 8.16. The average Bonchev–Trinajstić information content (AvgIpc) is 3.13. The first-order valence-electron chi connectivity index (χ1n) is 11.3. The first-order valence-corrected chi connectivity index (χ1v) is 13.6. The van der Waals surface area contributed by atoms with Crippen molar-refractivity contribution in [2.45, 2.75) is 54.7 Å². The number of nitrogens with zero attached hydrogens (tertiary/aromatic N) is 2. The van der Waals surface area contributed by atoms with E-state index in [1.54, 1.807) is 24.3 Å². The molecule has 1 N–H and O–H groups in total. The number of methoxy groups -OCH3 is 1. The lowest BCUT2D eigenvalue weighted by Crippen LogP contribution is -2.42. The number of rotatable bonds is 7. The number of carbonyl (C=O) groups excluding carboxylic acids is 2. The van der Waals surface area contributed by atoms with Gasteiger partial charge in [0.2, 0.25) is 11.8 Å². The summed E-state index contributed by atoms with van der Waals surface area (Å²) in [6, 6.07) is 11.1. The van der Waals surface area contributed by atoms with Crippen LogP contribution in [0.2, 0.25) is 0 Å². The van der Waals surface area contributed by atoms with Crippen molar-refractivity contribution in [2.24, 2.45) is 4.40 Å². The normalized spacial score (nSPS) is 20.3. The number of thioether (sulfide) groups is 1. The molecule has 4 rings (SSSR count). The van der Waals surface area contributed by atoms with E-state index < -0.39 is 21.1 Å². The molecular formula is C24H26FN3O5S2. The second kappa shape index (κ2) is 10.8. The van der Waals surface area contributed by atoms with Crippen molar-refractivity contribution in [3.05, 3.63) is 54.3 Å². The molecule has 1 saturated heterocycles. The third kappa shape index (κ3) is 6.02. The van der Waals surface area contributed by atoms with E-state index in [-0.39, 0.29) is 34.3 Å². The van der Waals surface area contributed by atoms with Crippen LogP contribution >= 0.6 is 11.8 Å². The smallest absolute Gasteiger partial charge is 0.284 e. The highest BCUT2D eigenvalue weighted by Crippen LogP contribution is 2.36. The van der Waals surface area contributed by atoms with E-state index in [4.69, 9.17) is 4.74 Å². The van der Waals surface area contributed by atoms with Crippen molar-refractivity contribution in [1.29, 1.82) is 0 Å². The van der Waals surface area contributed by atoms with E-state index in [0.717, 1.165) is 68.1 Å². The van der Waals surface area contributed by atoms with Gasteiger partial charge in [0.15, 0.2) is 5.17 Å². The van der Waals surface area contributed by atoms with Crippen LogP contribution in [0.3, 0.4) is 0 Å². The van der Waals surface area contributed by atoms with Gasteiger partial charge in [-0.3, -0.25) is 14.5 Å². The van der Waals surface area contributed by atoms with Gasteiger partial charge < -0.3 is 10.1 Å². The minimum absolute atomic E-state index is 0.0606. The van der Waals surface area contributed by atoms with E-state index in [9.17, 15) is 22.4 Å². The summed E-state index contributed by atoms with van der Waals surface area (Å²) in [5, 5.41) is 2.02. The number of hydrogen-bond donors (Lipinski definition) is 1. The van der Waals surface area contributed by atoms with Crippen molar-refractivity contribution in [2.75, 3.05) is 12.4 Å². The fourth-order valence-electron chi connectivity index (χ4n) is 4.20. The Labute approximate surface area is 208 Å². The second-order valence-corrected chi connectivity index (χ2v) is 11.2. The summed E-state index contributed by atoms with van der Waals surface area (Å²) in [7, 11) is -2.65. The van der Waals surface area contributed by atoms with Crippen LogP contribution in [0.5, 0.6) is 5.75 Å². The fraction of sp³-hybridized carbons (Fsp3) is 0.375. The number of amides is 2. The predicted molar refractivity (Wildman–Crippen MR) is 132 cm³/mol. The van der Waals surface area contributed by atoms with Crippen molar-refractivity contribution >= 4 is 44.5 Å². The van der Waals surface area contributed by atoms with Crippen LogP contribution in [0.25, 0.3) is 0 Å². The van der Waals surface area contributed by atoms with Gasteiger partial charge >= 0.3 is 0 Å². The summed E-state index contributed by atoms with van der Waals surface area (Å²) < 4.78 is 48.2. The summed E-state index contributed by atoms with van der Waals surface area (Å²) in [5.41, 5.74) is 0.529. The summed E-state index contributed by atoms with van der Waals surface area (Å²) in [6.07, 6.45) is 4.25. The molecule has 2 fully saturated rings. The number of ether oxygens (including phenoxy) is 1. The highest BCUT2D eigenvalue weighted by Gasteiger charge is 2.43. The quantitative estimate of drug-likeness (QED) is 0.588. The molecule has 11 heteroatoms. The molecule has 35 heavy (non-hydrogen) atoms. The van der Waals surface area contributed by atoms with Crippen molar-refractivity contribution < 1.29 is 27.1 Å². The molecule has 1 saturated carbocycles. The lowest BCUT2D eigenvalue weighted by molar-refractivity contribution is -0.130. The van der Waals surface area contributed by atoms with Crippen LogP contribution < -0.4 is 10.1 Å². The maximum absolute atomic E-state index is 13.4. The number of amidine groups is 1. The zero-order valence-electron chi connectivity index (χ0n) is 19.1. The number of sulfonamides is 1. The lowest BCUT2D eigenvalue weighted by atomic mass is 9.94. The van der Waals surface area contributed by atoms with Gasteiger partial charge in [-0.25, -0.2) is 4.39 Å². The monoisotopic (exact) mass is 519 g/mol. The fourth-order valence-corrected chi connectivity index (χ4v) is 6.60. The number of benzene rings is 2. The Hall–Kier alpha value is -2.92. The first kappa shape index (κ1) is 25.2. The van der Waals surface area contributed by atoms with Crippen LogP contribution in [-0.4, -0.2) is 48.7 Å². The summed E-state index contributed by atoms with van der Waals surface area (Å²) >= 11 is 0.979. The topological polar surface area (TPSA) is 105 Å². The Morgan fingerprint density at radius 1 is 1.17 bits per heavy atom. The molecule has 0 bridgehead atoms. The molecule has 2 aromatic rings. The van der Waals surface area contributed by atoms with Crippen molar-refractivity contribution in [3.8, 4) is 5.75 Å². The Balaban J connectivity index is 1.56. The molecule has 1 heterocycles. The Kier molecular flexibility index (Phi) is 7.75. The molecule has 1 atom stereocenters. The first-order chi connectivity index (χ1) is 16.8. The van der Waals surface area contributed by atoms with Crippen LogP contribution in [0.4, 0.5) is 10.1 Å². The predicted octanol–water partition coefficient (Wildman–Crippen LogP) is 4.18. The van der Waals surface area contributed by atoms with Crippen molar-refractivity contribution in [1.82, 2.24) is 4.90 Å². The minimum Gasteiger partial charge on any atom is -0.497 e. The van der Waals surface area contributed by atoms with Gasteiger partial charge in [-0.1, -0.05) is 37.1 Å². The molecule has 0 radical (unpaired) electrons. The van der Waals surface area contributed by atoms with Gasteiger partial charge in [0.05, 0.1) is 12.0 Å². The molecule has 0 aromatic heterocycles. The lowest BCUT2D eigenvalue weighted by Gasteiger charge is -2.30. The maximum Gasteiger partial charge on any atom is 0.284 e. The van der Waals surface area contributed by atoms with Crippen LogP contribution in [0, 0.1) is 5.82 Å². The van der Waals surface area contributed by atoms with Gasteiger partial charge in [-0.15, -0.1) is 4.40 Å². The Morgan fingerprint density at radius 2 is 1.89 bits per heavy atom. The largest absolute Gasteiger partial charge is 0.497 e. The van der Waals surface area contributed by atoms with Gasteiger partial charge in [0, 0.05) is 24.2 Å². The van der Waals surface area contributed by atoms with Crippen LogP contribution in [0.15, 0.2) is 57.8 Å². The molecular weight excluding hydrogens is 493 g/mol. The molecule has 2 amide bonds. The third-order valence-corrected chi connectivity index (χ3v) is 8.49. The van der Waals surface area contributed by atoms with E-state index in [1.807, 2.05) is 0 Å². The molecule has 0 spiro atoms. The molecule has 2 aliphatic rings. The zero-order chi connectivity index (χ0) is 25.0. The van der Waals surface area contributed by atoms with Crippen molar-refractivity contribution in [3.63, 3.8) is 0 Å². The van der Waals surface area contributed by atoms with Crippen LogP contribution in [-0.2, 0) is 19.6 Å². The summed E-state index contributed by atoms with van der Waals surface area (Å²) in [6.45, 7) is 0. The summed E-state index contributed by atoms with van der Waals surface area (Å²) in [5.74, 6) is -0.683. The number of carbonyl (C=O) groups is 2.